The molecule has 0 radical (unpaired) electrons. The predicted octanol–water partition coefficient (Wildman–Crippen LogP) is 13.3. The monoisotopic (exact) mass is 677 g/mol. The first-order valence-corrected chi connectivity index (χ1v) is 19.0. The van der Waals surface area contributed by atoms with Crippen LogP contribution >= 0.6 is 0 Å². The molecule has 4 aliphatic carbocycles. The van der Waals surface area contributed by atoms with Crippen LogP contribution in [0.25, 0.3) is 39.0 Å². The Labute approximate surface area is 312 Å². The Morgan fingerprint density at radius 2 is 0.943 bits per heavy atom. The number of nitrogens with zero attached hydrogens (tertiary/aromatic N) is 1. The minimum Gasteiger partial charge on any atom is -0.314 e. The molecule has 1 spiro atoms. The zero-order chi connectivity index (χ0) is 35.3. The third-order valence-corrected chi connectivity index (χ3v) is 12.6. The summed E-state index contributed by atoms with van der Waals surface area (Å²) in [5.41, 5.74) is 22.4. The van der Waals surface area contributed by atoms with Crippen molar-refractivity contribution in [2.75, 3.05) is 4.90 Å². The predicted molar refractivity (Wildman–Crippen MR) is 220 cm³/mol. The van der Waals surface area contributed by atoms with E-state index in [1.807, 2.05) is 0 Å². The fourth-order valence-electron chi connectivity index (χ4n) is 10.4. The molecule has 0 saturated heterocycles. The van der Waals surface area contributed by atoms with Gasteiger partial charge in [-0.25, -0.2) is 0 Å². The maximum Gasteiger partial charge on any atom is 0.0722 e. The maximum absolute atomic E-state index is 2.59. The van der Waals surface area contributed by atoms with E-state index in [0.29, 0.717) is 0 Å². The quantitative estimate of drug-likeness (QED) is 0.179. The highest BCUT2D eigenvalue weighted by molar-refractivity contribution is 5.97. The first kappa shape index (κ1) is 30.4. The summed E-state index contributed by atoms with van der Waals surface area (Å²) < 4.78 is 0. The van der Waals surface area contributed by atoms with Crippen molar-refractivity contribution in [3.05, 3.63) is 221 Å². The van der Waals surface area contributed by atoms with E-state index < -0.39 is 0 Å². The van der Waals surface area contributed by atoms with Gasteiger partial charge in [0.25, 0.3) is 0 Å². The molecule has 0 aliphatic heterocycles. The second kappa shape index (κ2) is 11.2. The van der Waals surface area contributed by atoms with Crippen LogP contribution in [0.4, 0.5) is 11.4 Å². The van der Waals surface area contributed by atoms with E-state index in [0.717, 1.165) is 12.8 Å². The van der Waals surface area contributed by atoms with E-state index in [1.54, 1.807) is 0 Å². The van der Waals surface area contributed by atoms with Crippen molar-refractivity contribution in [3.8, 4) is 33.4 Å². The Balaban J connectivity index is 1.18. The van der Waals surface area contributed by atoms with Crippen LogP contribution < -0.4 is 4.90 Å². The highest BCUT2D eigenvalue weighted by Crippen LogP contribution is 2.64. The van der Waals surface area contributed by atoms with Crippen LogP contribution in [0.3, 0.4) is 0 Å². The number of para-hydroxylation sites is 1. The normalized spacial score (nSPS) is 16.3. The topological polar surface area (TPSA) is 3.24 Å². The molecule has 0 N–H and O–H groups in total. The standard InChI is InChI=1S/C52H39N/c1-51(2)44-23-11-6-19-38(44)42-30-28-35(32-48(42)51)53(50-27-15-10-18-37(50)34-16-4-3-5-17-34)36-29-31-43-41-22-9-14-26-47(41)52(49(43)33-36)45-24-12-7-20-39(45)40-21-8-13-25-46(40)52/h3-28,30,32-33H,29,31H2,1-2H3. The van der Waals surface area contributed by atoms with Gasteiger partial charge in [-0.15, -0.1) is 0 Å². The van der Waals surface area contributed by atoms with Gasteiger partial charge < -0.3 is 4.90 Å². The lowest BCUT2D eigenvalue weighted by molar-refractivity contribution is 0.660. The smallest absolute Gasteiger partial charge is 0.0722 e. The van der Waals surface area contributed by atoms with Gasteiger partial charge in [-0.1, -0.05) is 166 Å². The molecule has 1 nitrogen and oxygen atoms in total. The van der Waals surface area contributed by atoms with Crippen LogP contribution in [0.1, 0.15) is 60.1 Å². The molecule has 7 aromatic rings. The number of allylic oxidation sites excluding steroid dienone is 4. The van der Waals surface area contributed by atoms with Crippen molar-refractivity contribution in [1.82, 2.24) is 0 Å². The van der Waals surface area contributed by atoms with Crippen LogP contribution in [0.15, 0.2) is 187 Å². The molecule has 252 valence electrons. The third-order valence-electron chi connectivity index (χ3n) is 12.6. The molecular weight excluding hydrogens is 639 g/mol. The molecule has 7 aromatic carbocycles. The van der Waals surface area contributed by atoms with Gasteiger partial charge >= 0.3 is 0 Å². The zero-order valence-electron chi connectivity index (χ0n) is 30.1. The third kappa shape index (κ3) is 4.08. The molecule has 0 saturated carbocycles. The minimum absolute atomic E-state index is 0.0996. The second-order valence-corrected chi connectivity index (χ2v) is 15.5. The SMILES string of the molecule is CC1(C)c2ccccc2-c2ccc(N(C3=CC4=C(CC3)c3ccccc3C43c4ccccc4-c4ccccc43)c3ccccc3-c3ccccc3)cc21. The van der Waals surface area contributed by atoms with Crippen molar-refractivity contribution >= 4 is 16.9 Å². The number of fused-ring (bicyclic) bond motifs is 12. The number of hydrogen-bond acceptors (Lipinski definition) is 1. The second-order valence-electron chi connectivity index (χ2n) is 15.5. The highest BCUT2D eigenvalue weighted by Gasteiger charge is 2.53. The number of benzene rings is 7. The average Bonchev–Trinajstić information content (AvgIpc) is 3.77. The average molecular weight is 678 g/mol. The van der Waals surface area contributed by atoms with Crippen LogP contribution in [0.5, 0.6) is 0 Å². The Hall–Kier alpha value is -6.18. The molecule has 0 heterocycles. The lowest BCUT2D eigenvalue weighted by Crippen LogP contribution is -2.28. The molecule has 0 fully saturated rings. The summed E-state index contributed by atoms with van der Waals surface area (Å²) in [5, 5.41) is 0. The zero-order valence-corrected chi connectivity index (χ0v) is 30.1. The molecule has 0 amide bonds. The number of rotatable bonds is 4. The van der Waals surface area contributed by atoms with E-state index in [9.17, 15) is 0 Å². The lowest BCUT2D eigenvalue weighted by Gasteiger charge is -2.36. The lowest BCUT2D eigenvalue weighted by atomic mass is 9.69. The van der Waals surface area contributed by atoms with Gasteiger partial charge in [0.1, 0.15) is 0 Å². The highest BCUT2D eigenvalue weighted by atomic mass is 15.2. The summed E-state index contributed by atoms with van der Waals surface area (Å²) in [7, 11) is 0. The number of hydrogen-bond donors (Lipinski definition) is 0. The molecule has 1 heteroatoms. The van der Waals surface area contributed by atoms with E-state index in [4.69, 9.17) is 0 Å². The Morgan fingerprint density at radius 1 is 0.434 bits per heavy atom. The molecular formula is C52H39N. The summed E-state index contributed by atoms with van der Waals surface area (Å²) in [6, 6.07) is 63.5. The number of anilines is 2. The van der Waals surface area contributed by atoms with Crippen LogP contribution in [0, 0.1) is 0 Å². The summed E-state index contributed by atoms with van der Waals surface area (Å²) >= 11 is 0. The summed E-state index contributed by atoms with van der Waals surface area (Å²) in [5.74, 6) is 0. The van der Waals surface area contributed by atoms with Gasteiger partial charge in [-0.3, -0.25) is 0 Å². The molecule has 0 atom stereocenters. The fraction of sp³-hybridized carbons (Fsp3) is 0.115. The molecule has 4 aliphatic rings. The largest absolute Gasteiger partial charge is 0.314 e. The van der Waals surface area contributed by atoms with Crippen molar-refractivity contribution in [2.45, 2.75) is 37.5 Å². The fourth-order valence-corrected chi connectivity index (χ4v) is 10.4. The van der Waals surface area contributed by atoms with Gasteiger partial charge in [0.05, 0.1) is 11.1 Å². The Bertz CT molecular complexity index is 2660. The minimum atomic E-state index is -0.364. The van der Waals surface area contributed by atoms with Crippen molar-refractivity contribution in [1.29, 1.82) is 0 Å². The van der Waals surface area contributed by atoms with Crippen LogP contribution in [-0.4, -0.2) is 0 Å². The molecule has 0 aromatic heterocycles. The summed E-state index contributed by atoms with van der Waals surface area (Å²) in [6.45, 7) is 4.77. The molecule has 0 bridgehead atoms. The van der Waals surface area contributed by atoms with E-state index >= 15 is 0 Å². The van der Waals surface area contributed by atoms with Crippen molar-refractivity contribution in [2.24, 2.45) is 0 Å². The molecule has 53 heavy (non-hydrogen) atoms. The van der Waals surface area contributed by atoms with Crippen LogP contribution in [-0.2, 0) is 10.8 Å². The maximum atomic E-state index is 2.59. The first-order valence-electron chi connectivity index (χ1n) is 19.0. The first-order chi connectivity index (χ1) is 26.1. The van der Waals surface area contributed by atoms with E-state index in [-0.39, 0.29) is 10.8 Å². The Morgan fingerprint density at radius 3 is 1.62 bits per heavy atom. The summed E-state index contributed by atoms with van der Waals surface area (Å²) in [6.07, 6.45) is 4.51. The van der Waals surface area contributed by atoms with Gasteiger partial charge in [-0.2, -0.15) is 0 Å². The van der Waals surface area contributed by atoms with Gasteiger partial charge in [0.15, 0.2) is 0 Å². The van der Waals surface area contributed by atoms with E-state index in [1.165, 1.54) is 95.0 Å². The molecule has 11 rings (SSSR count). The van der Waals surface area contributed by atoms with Gasteiger partial charge in [-0.05, 0) is 109 Å². The van der Waals surface area contributed by atoms with Gasteiger partial charge in [0, 0.05) is 22.4 Å². The van der Waals surface area contributed by atoms with Crippen molar-refractivity contribution < 1.29 is 0 Å². The Kier molecular flexibility index (Phi) is 6.41. The summed E-state index contributed by atoms with van der Waals surface area (Å²) in [4.78, 5) is 2.59. The van der Waals surface area contributed by atoms with Crippen molar-refractivity contribution in [3.63, 3.8) is 0 Å². The van der Waals surface area contributed by atoms with E-state index in [2.05, 4.69) is 195 Å². The van der Waals surface area contributed by atoms with Gasteiger partial charge in [0.2, 0.25) is 0 Å². The molecule has 0 unspecified atom stereocenters. The van der Waals surface area contributed by atoms with Crippen LogP contribution in [0.2, 0.25) is 0 Å².